The van der Waals surface area contributed by atoms with E-state index in [1.807, 2.05) is 78.0 Å². The Morgan fingerprint density at radius 3 is 1.92 bits per heavy atom. The van der Waals surface area contributed by atoms with Gasteiger partial charge >= 0.3 is 11.9 Å². The molecule has 6 heteroatoms. The zero-order chi connectivity index (χ0) is 27.9. The minimum atomic E-state index is -0.771. The molecule has 0 bridgehead atoms. The van der Waals surface area contributed by atoms with E-state index in [4.69, 9.17) is 9.47 Å². The van der Waals surface area contributed by atoms with Gasteiger partial charge in [0, 0.05) is 18.2 Å². The number of ether oxygens (including phenoxy) is 2. The number of hydrogen-bond acceptors (Lipinski definition) is 5. The summed E-state index contributed by atoms with van der Waals surface area (Å²) in [6.07, 6.45) is 8.39. The van der Waals surface area contributed by atoms with Gasteiger partial charge in [0.1, 0.15) is 11.2 Å². The maximum Gasteiger partial charge on any atom is 0.339 e. The summed E-state index contributed by atoms with van der Waals surface area (Å²) < 4.78 is 11.8. The van der Waals surface area contributed by atoms with Crippen LogP contribution in [0.15, 0.2) is 53.1 Å². The lowest BCUT2D eigenvalue weighted by Gasteiger charge is -2.38. The average Bonchev–Trinajstić information content (AvgIpc) is 3.62. The molecule has 206 valence electrons. The lowest BCUT2D eigenvalue weighted by Crippen LogP contribution is -2.43. The second-order valence-electron chi connectivity index (χ2n) is 13.1. The Labute approximate surface area is 227 Å². The van der Waals surface area contributed by atoms with Crippen molar-refractivity contribution in [2.24, 2.45) is 17.3 Å². The number of benzene rings is 1. The van der Waals surface area contributed by atoms with E-state index in [0.29, 0.717) is 24.0 Å². The number of para-hydroxylation sites is 1. The molecule has 1 unspecified atom stereocenters. The third-order valence-electron chi connectivity index (χ3n) is 7.76. The average molecular weight is 522 g/mol. The van der Waals surface area contributed by atoms with Gasteiger partial charge in [0.2, 0.25) is 5.91 Å². The normalized spacial score (nSPS) is 21.6. The van der Waals surface area contributed by atoms with Crippen molar-refractivity contribution in [3.63, 3.8) is 0 Å². The largest absolute Gasteiger partial charge is 0.457 e. The summed E-state index contributed by atoms with van der Waals surface area (Å²) in [5, 5.41) is 0. The van der Waals surface area contributed by atoms with Crippen LogP contribution in [0.1, 0.15) is 86.5 Å². The van der Waals surface area contributed by atoms with Crippen LogP contribution in [0.2, 0.25) is 0 Å². The Balaban J connectivity index is 1.88. The first kappa shape index (κ1) is 28.1. The highest BCUT2D eigenvalue weighted by molar-refractivity contribution is 6.08. The van der Waals surface area contributed by atoms with E-state index in [0.717, 1.165) is 43.4 Å². The lowest BCUT2D eigenvalue weighted by molar-refractivity contribution is -0.154. The molecule has 6 nitrogen and oxygen atoms in total. The molecule has 0 aliphatic heterocycles. The van der Waals surface area contributed by atoms with Gasteiger partial charge in [-0.3, -0.25) is 4.79 Å². The van der Waals surface area contributed by atoms with E-state index in [1.165, 1.54) is 0 Å². The molecule has 0 N–H and O–H groups in total. The quantitative estimate of drug-likeness (QED) is 0.411. The smallest absolute Gasteiger partial charge is 0.339 e. The second-order valence-corrected chi connectivity index (χ2v) is 13.1. The number of esters is 2. The number of amides is 1. The minimum absolute atomic E-state index is 0.0775. The highest BCUT2D eigenvalue weighted by Crippen LogP contribution is 2.63. The number of carbonyl (C=O) groups is 3. The summed E-state index contributed by atoms with van der Waals surface area (Å²) in [7, 11) is 1.78. The van der Waals surface area contributed by atoms with Gasteiger partial charge in [0.25, 0.3) is 0 Å². The zero-order valence-corrected chi connectivity index (χ0v) is 24.1. The minimum Gasteiger partial charge on any atom is -0.457 e. The number of anilines is 1. The third-order valence-corrected chi connectivity index (χ3v) is 7.76. The van der Waals surface area contributed by atoms with Crippen molar-refractivity contribution in [3.8, 4) is 0 Å². The molecule has 3 aliphatic rings. The first-order valence-electron chi connectivity index (χ1n) is 14.0. The Morgan fingerprint density at radius 1 is 0.842 bits per heavy atom. The Kier molecular flexibility index (Phi) is 7.66. The topological polar surface area (TPSA) is 72.9 Å². The van der Waals surface area contributed by atoms with Crippen LogP contribution in [0, 0.1) is 17.3 Å². The first-order valence-corrected chi connectivity index (χ1v) is 14.0. The molecule has 0 aromatic heterocycles. The molecular formula is C32H43NO5. The summed E-state index contributed by atoms with van der Waals surface area (Å²) in [4.78, 5) is 43.6. The Bertz CT molecular complexity index is 1140. The van der Waals surface area contributed by atoms with Crippen molar-refractivity contribution in [2.75, 3.05) is 11.9 Å². The standard InChI is InChI=1S/C32H43NO5/c1-30(2,3)37-28(35)25-23(21-14-10-8-11-15-21)20-24(27(34)33(7)22-16-12-9-13-17-22)32(18-19-32)26(25)29(36)38-31(4,5)6/h9,12-13,16-17,20-21,24H,8,10-11,14-15,18-19H2,1-7H3. The molecule has 1 amide bonds. The summed E-state index contributed by atoms with van der Waals surface area (Å²) in [6, 6.07) is 9.54. The molecule has 3 aliphatic carbocycles. The molecule has 0 heterocycles. The summed E-state index contributed by atoms with van der Waals surface area (Å²) in [5.41, 5.74) is 0.0179. The molecular weight excluding hydrogens is 478 g/mol. The van der Waals surface area contributed by atoms with Crippen LogP contribution in [0.5, 0.6) is 0 Å². The SMILES string of the molecule is CN(C(=O)C1C=C(C2CCCCC2)C(C(=O)OC(C)(C)C)=C(C(=O)OC(C)(C)C)C12CC2)c1ccccc1. The van der Waals surface area contributed by atoms with Crippen molar-refractivity contribution in [1.29, 1.82) is 0 Å². The fourth-order valence-electron chi connectivity index (χ4n) is 5.90. The lowest BCUT2D eigenvalue weighted by atomic mass is 9.68. The van der Waals surface area contributed by atoms with Gasteiger partial charge in [0.05, 0.1) is 17.1 Å². The second kappa shape index (κ2) is 10.3. The van der Waals surface area contributed by atoms with Crippen LogP contribution < -0.4 is 4.90 Å². The van der Waals surface area contributed by atoms with Crippen LogP contribution in [0.25, 0.3) is 0 Å². The van der Waals surface area contributed by atoms with Gasteiger partial charge in [-0.1, -0.05) is 43.5 Å². The molecule has 1 spiro atoms. The van der Waals surface area contributed by atoms with Gasteiger partial charge < -0.3 is 14.4 Å². The number of carbonyl (C=O) groups excluding carboxylic acids is 3. The van der Waals surface area contributed by atoms with Crippen LogP contribution in [-0.2, 0) is 23.9 Å². The first-order chi connectivity index (χ1) is 17.7. The highest BCUT2D eigenvalue weighted by Gasteiger charge is 2.61. The van der Waals surface area contributed by atoms with Crippen molar-refractivity contribution < 1.29 is 23.9 Å². The molecule has 0 saturated heterocycles. The maximum absolute atomic E-state index is 14.1. The molecule has 0 radical (unpaired) electrons. The van der Waals surface area contributed by atoms with Crippen molar-refractivity contribution >= 4 is 23.5 Å². The van der Waals surface area contributed by atoms with Crippen LogP contribution in [0.4, 0.5) is 5.69 Å². The van der Waals surface area contributed by atoms with Crippen LogP contribution in [-0.4, -0.2) is 36.1 Å². The number of nitrogens with zero attached hydrogens (tertiary/aromatic N) is 1. The van der Waals surface area contributed by atoms with Gasteiger partial charge in [-0.15, -0.1) is 0 Å². The number of rotatable bonds is 5. The molecule has 1 atom stereocenters. The van der Waals surface area contributed by atoms with E-state index in [2.05, 4.69) is 0 Å². The Hall–Kier alpha value is -2.89. The van der Waals surface area contributed by atoms with Crippen LogP contribution in [0.3, 0.4) is 0 Å². The van der Waals surface area contributed by atoms with Crippen molar-refractivity contribution in [1.82, 2.24) is 0 Å². The predicted octanol–water partition coefficient (Wildman–Crippen LogP) is 6.55. The molecule has 1 aromatic carbocycles. The maximum atomic E-state index is 14.1. The molecule has 4 rings (SSSR count). The van der Waals surface area contributed by atoms with E-state index < -0.39 is 34.5 Å². The fourth-order valence-corrected chi connectivity index (χ4v) is 5.90. The van der Waals surface area contributed by atoms with Crippen molar-refractivity contribution in [2.45, 2.75) is 97.7 Å². The predicted molar refractivity (Wildman–Crippen MR) is 148 cm³/mol. The summed E-state index contributed by atoms with van der Waals surface area (Å²) >= 11 is 0. The molecule has 38 heavy (non-hydrogen) atoms. The monoisotopic (exact) mass is 521 g/mol. The van der Waals surface area contributed by atoms with Gasteiger partial charge in [0.15, 0.2) is 0 Å². The molecule has 2 fully saturated rings. The number of hydrogen-bond donors (Lipinski definition) is 0. The van der Waals surface area contributed by atoms with Crippen molar-refractivity contribution in [3.05, 3.63) is 53.1 Å². The van der Waals surface area contributed by atoms with E-state index in [-0.39, 0.29) is 11.8 Å². The van der Waals surface area contributed by atoms with Gasteiger partial charge in [-0.25, -0.2) is 9.59 Å². The third kappa shape index (κ3) is 5.89. The molecule has 1 aromatic rings. The van der Waals surface area contributed by atoms with E-state index in [1.54, 1.807) is 11.9 Å². The van der Waals surface area contributed by atoms with Gasteiger partial charge in [-0.2, -0.15) is 0 Å². The Morgan fingerprint density at radius 2 is 1.39 bits per heavy atom. The molecule has 2 saturated carbocycles. The zero-order valence-electron chi connectivity index (χ0n) is 24.1. The summed E-state index contributed by atoms with van der Waals surface area (Å²) in [5.74, 6) is -1.55. The highest BCUT2D eigenvalue weighted by atomic mass is 16.6. The van der Waals surface area contributed by atoms with Crippen LogP contribution >= 0.6 is 0 Å². The fraction of sp³-hybridized carbons (Fsp3) is 0.594. The van der Waals surface area contributed by atoms with E-state index in [9.17, 15) is 14.4 Å². The van der Waals surface area contributed by atoms with Gasteiger partial charge in [-0.05, 0) is 90.8 Å². The summed E-state index contributed by atoms with van der Waals surface area (Å²) in [6.45, 7) is 11.0. The van der Waals surface area contributed by atoms with E-state index >= 15 is 0 Å².